The van der Waals surface area contributed by atoms with Gasteiger partial charge in [0, 0.05) is 18.0 Å². The second-order valence-corrected chi connectivity index (χ2v) is 6.05. The van der Waals surface area contributed by atoms with Gasteiger partial charge in [-0.05, 0) is 53.6 Å². The van der Waals surface area contributed by atoms with Crippen LogP contribution in [0.15, 0.2) is 47.3 Å². The molecule has 0 fully saturated rings. The summed E-state index contributed by atoms with van der Waals surface area (Å²) in [5.74, 6) is 0. The lowest BCUT2D eigenvalue weighted by molar-refractivity contribution is 0.107. The molecule has 116 valence electrons. The van der Waals surface area contributed by atoms with Crippen molar-refractivity contribution >= 4 is 27.6 Å². The molecule has 0 bridgehead atoms. The molecule has 0 radical (unpaired) electrons. The highest BCUT2D eigenvalue weighted by Crippen LogP contribution is 2.32. The molecule has 0 atom stereocenters. The van der Waals surface area contributed by atoms with E-state index >= 15 is 0 Å². The normalized spacial score (nSPS) is 11.0. The van der Waals surface area contributed by atoms with Crippen LogP contribution in [0.5, 0.6) is 0 Å². The van der Waals surface area contributed by atoms with Gasteiger partial charge >= 0.3 is 0 Å². The minimum Gasteiger partial charge on any atom is -0.307 e. The number of halogens is 1. The summed E-state index contributed by atoms with van der Waals surface area (Å²) in [5, 5.41) is 0.714. The Morgan fingerprint density at radius 2 is 1.57 bits per heavy atom. The van der Waals surface area contributed by atoms with Crippen LogP contribution in [-0.2, 0) is 7.05 Å². The fraction of sp³-hybridized carbons (Fsp3) is 0.158. The van der Waals surface area contributed by atoms with Gasteiger partial charge in [0.05, 0.1) is 0 Å². The lowest BCUT2D eigenvalue weighted by Crippen LogP contribution is -2.23. The fourth-order valence-electron chi connectivity index (χ4n) is 2.90. The van der Waals surface area contributed by atoms with Crippen molar-refractivity contribution in [1.29, 1.82) is 0 Å². The fourth-order valence-corrected chi connectivity index (χ4v) is 3.13. The van der Waals surface area contributed by atoms with Gasteiger partial charge in [0.15, 0.2) is 0 Å². The third kappa shape index (κ3) is 2.47. The third-order valence-electron chi connectivity index (χ3n) is 4.26. The van der Waals surface area contributed by atoms with Gasteiger partial charge < -0.3 is 4.57 Å². The van der Waals surface area contributed by atoms with E-state index in [0.717, 1.165) is 22.1 Å². The van der Waals surface area contributed by atoms with Crippen LogP contribution >= 0.6 is 11.6 Å². The van der Waals surface area contributed by atoms with Gasteiger partial charge in [-0.1, -0.05) is 36.4 Å². The second kappa shape index (κ2) is 5.67. The lowest BCUT2D eigenvalue weighted by atomic mass is 9.94. The molecular weight excluding hydrogens is 310 g/mol. The van der Waals surface area contributed by atoms with Gasteiger partial charge in [0.25, 0.3) is 10.8 Å². The molecule has 4 heteroatoms. The predicted octanol–water partition coefficient (Wildman–Crippen LogP) is 4.20. The Morgan fingerprint density at radius 1 is 1.00 bits per heavy atom. The van der Waals surface area contributed by atoms with Crippen LogP contribution in [0.2, 0.25) is 0 Å². The van der Waals surface area contributed by atoms with Crippen LogP contribution in [0, 0.1) is 13.8 Å². The van der Waals surface area contributed by atoms with Crippen LogP contribution < -0.4 is 5.56 Å². The van der Waals surface area contributed by atoms with E-state index in [0.29, 0.717) is 10.9 Å². The predicted molar refractivity (Wildman–Crippen MR) is 94.3 cm³/mol. The summed E-state index contributed by atoms with van der Waals surface area (Å²) in [5.41, 5.74) is 3.67. The highest BCUT2D eigenvalue weighted by Gasteiger charge is 2.20. The van der Waals surface area contributed by atoms with Gasteiger partial charge in [0.1, 0.15) is 5.69 Å². The molecule has 0 spiro atoms. The van der Waals surface area contributed by atoms with Gasteiger partial charge in [-0.2, -0.15) is 0 Å². The Labute approximate surface area is 139 Å². The average Bonchev–Trinajstić information content (AvgIpc) is 2.53. The molecular formula is C19H16ClNO2. The van der Waals surface area contributed by atoms with Crippen LogP contribution in [0.1, 0.15) is 21.6 Å². The maximum Gasteiger partial charge on any atom is 0.269 e. The first-order valence-corrected chi connectivity index (χ1v) is 7.69. The van der Waals surface area contributed by atoms with Crippen molar-refractivity contribution in [1.82, 2.24) is 4.57 Å². The minimum atomic E-state index is -0.636. The van der Waals surface area contributed by atoms with E-state index in [1.165, 1.54) is 4.57 Å². The number of rotatable bonds is 2. The van der Waals surface area contributed by atoms with E-state index in [9.17, 15) is 9.59 Å². The first kappa shape index (κ1) is 15.5. The molecule has 23 heavy (non-hydrogen) atoms. The minimum absolute atomic E-state index is 0.216. The van der Waals surface area contributed by atoms with Crippen molar-refractivity contribution in [2.24, 2.45) is 7.05 Å². The van der Waals surface area contributed by atoms with E-state index < -0.39 is 5.24 Å². The Kier molecular flexibility index (Phi) is 3.82. The molecule has 0 aliphatic heterocycles. The molecule has 3 nitrogen and oxygen atoms in total. The number of hydrogen-bond donors (Lipinski definition) is 0. The summed E-state index contributed by atoms with van der Waals surface area (Å²) < 4.78 is 1.34. The van der Waals surface area contributed by atoms with Crippen molar-refractivity contribution in [3.8, 4) is 11.1 Å². The molecule has 1 aromatic heterocycles. The van der Waals surface area contributed by atoms with Crippen LogP contribution in [-0.4, -0.2) is 9.81 Å². The van der Waals surface area contributed by atoms with Gasteiger partial charge in [-0.25, -0.2) is 0 Å². The smallest absolute Gasteiger partial charge is 0.269 e. The zero-order valence-corrected chi connectivity index (χ0v) is 13.9. The molecule has 0 unspecified atom stereocenters. The van der Waals surface area contributed by atoms with E-state index in [2.05, 4.69) is 0 Å². The largest absolute Gasteiger partial charge is 0.307 e. The Bertz CT molecular complexity index is 988. The number of fused-ring (bicyclic) bond motifs is 1. The number of nitrogens with zero attached hydrogens (tertiary/aromatic N) is 1. The van der Waals surface area contributed by atoms with Crippen molar-refractivity contribution < 1.29 is 4.79 Å². The number of carbonyl (C=O) groups excluding carboxylic acids is 1. The highest BCUT2D eigenvalue weighted by atomic mass is 35.5. The Balaban J connectivity index is 2.61. The monoisotopic (exact) mass is 325 g/mol. The van der Waals surface area contributed by atoms with E-state index in [1.54, 1.807) is 7.05 Å². The molecule has 3 aromatic rings. The molecule has 3 rings (SSSR count). The zero-order chi connectivity index (χ0) is 16.7. The number of carbonyl (C=O) groups is 1. The summed E-state index contributed by atoms with van der Waals surface area (Å²) in [6, 6.07) is 13.4. The van der Waals surface area contributed by atoms with Gasteiger partial charge in [-0.15, -0.1) is 0 Å². The van der Waals surface area contributed by atoms with Gasteiger partial charge in [-0.3, -0.25) is 9.59 Å². The van der Waals surface area contributed by atoms with Gasteiger partial charge in [0.2, 0.25) is 0 Å². The molecule has 0 amide bonds. The quantitative estimate of drug-likeness (QED) is 0.662. The van der Waals surface area contributed by atoms with Crippen LogP contribution in [0.4, 0.5) is 0 Å². The Hall–Kier alpha value is -2.39. The topological polar surface area (TPSA) is 39.1 Å². The molecule has 1 heterocycles. The maximum atomic E-state index is 12.7. The first-order valence-electron chi connectivity index (χ1n) is 7.31. The molecule has 0 saturated heterocycles. The van der Waals surface area contributed by atoms with E-state index in [-0.39, 0.29) is 11.3 Å². The summed E-state index contributed by atoms with van der Waals surface area (Å²) in [6.07, 6.45) is 0. The number of hydrogen-bond acceptors (Lipinski definition) is 2. The molecule has 0 aliphatic carbocycles. The molecule has 0 saturated carbocycles. The SMILES string of the molecule is Cc1cc2c(-c3ccccc3)c(C(=O)Cl)n(C)c(=O)c2cc1C. The van der Waals surface area contributed by atoms with E-state index in [4.69, 9.17) is 11.6 Å². The number of aromatic nitrogens is 1. The van der Waals surface area contributed by atoms with Crippen molar-refractivity contribution in [3.05, 3.63) is 69.6 Å². The van der Waals surface area contributed by atoms with Crippen molar-refractivity contribution in [3.63, 3.8) is 0 Å². The van der Waals surface area contributed by atoms with Crippen LogP contribution in [0.25, 0.3) is 21.9 Å². The molecule has 0 aliphatic rings. The molecule has 2 aromatic carbocycles. The Morgan fingerprint density at radius 3 is 2.13 bits per heavy atom. The summed E-state index contributed by atoms with van der Waals surface area (Å²) in [7, 11) is 1.58. The van der Waals surface area contributed by atoms with Crippen molar-refractivity contribution in [2.45, 2.75) is 13.8 Å². The lowest BCUT2D eigenvalue weighted by Gasteiger charge is -2.16. The zero-order valence-electron chi connectivity index (χ0n) is 13.2. The number of pyridine rings is 1. The standard InChI is InChI=1S/C19H16ClNO2/c1-11-9-14-15(10-12(11)2)19(23)21(3)17(18(20)22)16(14)13-7-5-4-6-8-13/h4-10H,1-3H3. The number of aryl methyl sites for hydroxylation is 2. The summed E-state index contributed by atoms with van der Waals surface area (Å²) >= 11 is 5.81. The number of benzene rings is 2. The summed E-state index contributed by atoms with van der Waals surface area (Å²) in [6.45, 7) is 3.96. The average molecular weight is 326 g/mol. The van der Waals surface area contributed by atoms with Crippen LogP contribution in [0.3, 0.4) is 0 Å². The second-order valence-electron chi connectivity index (χ2n) is 5.71. The first-order chi connectivity index (χ1) is 10.9. The summed E-state index contributed by atoms with van der Waals surface area (Å²) in [4.78, 5) is 24.7. The third-order valence-corrected chi connectivity index (χ3v) is 4.44. The van der Waals surface area contributed by atoms with Crippen molar-refractivity contribution in [2.75, 3.05) is 0 Å². The molecule has 0 N–H and O–H groups in total. The van der Waals surface area contributed by atoms with E-state index in [1.807, 2.05) is 56.3 Å². The highest BCUT2D eigenvalue weighted by molar-refractivity contribution is 6.68. The maximum absolute atomic E-state index is 12.7.